The molecular formula is C22H31BrN2OSi. The van der Waals surface area contributed by atoms with Crippen LogP contribution in [0.5, 0.6) is 0 Å². The third-order valence-corrected chi connectivity index (χ3v) is 10.3. The molecule has 1 N–H and O–H groups in total. The highest BCUT2D eigenvalue weighted by Gasteiger charge is 2.38. The Morgan fingerprint density at radius 1 is 1.26 bits per heavy atom. The molecule has 0 bridgehead atoms. The van der Waals surface area contributed by atoms with Crippen LogP contribution in [0.15, 0.2) is 47.1 Å². The van der Waals surface area contributed by atoms with E-state index in [9.17, 15) is 4.80 Å². The Labute approximate surface area is 173 Å². The van der Waals surface area contributed by atoms with Gasteiger partial charge in [-0.15, -0.1) is 0 Å². The molecule has 3 rings (SSSR count). The Bertz CT molecular complexity index is 774. The van der Waals surface area contributed by atoms with E-state index in [4.69, 9.17) is 4.98 Å². The predicted octanol–water partition coefficient (Wildman–Crippen LogP) is 5.78. The van der Waals surface area contributed by atoms with Gasteiger partial charge in [-0.3, -0.25) is 4.98 Å². The molecule has 1 aliphatic heterocycles. The molecule has 27 heavy (non-hydrogen) atoms. The lowest BCUT2D eigenvalue weighted by molar-refractivity contribution is 0.379. The van der Waals surface area contributed by atoms with Crippen molar-refractivity contribution in [1.82, 2.24) is 4.98 Å². The van der Waals surface area contributed by atoms with E-state index < -0.39 is 8.32 Å². The molecule has 146 valence electrons. The van der Waals surface area contributed by atoms with Gasteiger partial charge >= 0.3 is 0 Å². The Morgan fingerprint density at radius 2 is 1.96 bits per heavy atom. The summed E-state index contributed by atoms with van der Waals surface area (Å²) in [6, 6.07) is 12.9. The first-order chi connectivity index (χ1) is 12.7. The summed E-state index contributed by atoms with van der Waals surface area (Å²) in [4.78, 5) is 17.8. The summed E-state index contributed by atoms with van der Waals surface area (Å²) in [5.41, 5.74) is 3.78. The molecule has 0 amide bonds. The minimum atomic E-state index is -2.16. The fourth-order valence-corrected chi connectivity index (χ4v) is 4.73. The zero-order chi connectivity index (χ0) is 19.7. The monoisotopic (exact) mass is 446 g/mol. The summed E-state index contributed by atoms with van der Waals surface area (Å²) in [6.45, 7) is 10.5. The Morgan fingerprint density at radius 3 is 2.63 bits per heavy atom. The molecule has 5 heteroatoms. The van der Waals surface area contributed by atoms with Gasteiger partial charge in [-0.05, 0) is 70.9 Å². The molecule has 3 nitrogen and oxygen atoms in total. The van der Waals surface area contributed by atoms with Crippen molar-refractivity contribution in [2.24, 2.45) is 5.92 Å². The predicted molar refractivity (Wildman–Crippen MR) is 120 cm³/mol. The molecule has 0 fully saturated rings. The van der Waals surface area contributed by atoms with Crippen LogP contribution in [-0.2, 0) is 13.0 Å². The third kappa shape index (κ3) is 5.01. The van der Waals surface area contributed by atoms with Crippen molar-refractivity contribution in [2.45, 2.75) is 57.8 Å². The minimum Gasteiger partial charge on any atom is -0.432 e. The maximum atomic E-state index is 10.6. The maximum absolute atomic E-state index is 10.6. The van der Waals surface area contributed by atoms with Crippen LogP contribution in [0.4, 0.5) is 5.69 Å². The summed E-state index contributed by atoms with van der Waals surface area (Å²) >= 11 is 3.58. The number of fused-ring (bicyclic) bond motifs is 1. The highest BCUT2D eigenvalue weighted by atomic mass is 79.9. The van der Waals surface area contributed by atoms with E-state index in [0.717, 1.165) is 36.8 Å². The number of aromatic nitrogens is 1. The van der Waals surface area contributed by atoms with Crippen molar-refractivity contribution >= 4 is 29.9 Å². The molecule has 1 aliphatic rings. The van der Waals surface area contributed by atoms with Crippen LogP contribution >= 0.6 is 15.9 Å². The highest BCUT2D eigenvalue weighted by Crippen LogP contribution is 2.42. The first-order valence-electron chi connectivity index (χ1n) is 9.81. The molecular weight excluding hydrogens is 416 g/mol. The summed E-state index contributed by atoms with van der Waals surface area (Å²) in [7, 11) is -2.16. The smallest absolute Gasteiger partial charge is 0.188 e. The van der Waals surface area contributed by atoms with Gasteiger partial charge in [0.15, 0.2) is 8.32 Å². The van der Waals surface area contributed by atoms with Crippen molar-refractivity contribution in [3.63, 3.8) is 0 Å². The van der Waals surface area contributed by atoms with E-state index in [2.05, 4.69) is 84.2 Å². The van der Waals surface area contributed by atoms with E-state index in [1.165, 1.54) is 16.9 Å². The zero-order valence-corrected chi connectivity index (χ0v) is 19.5. The van der Waals surface area contributed by atoms with Crippen molar-refractivity contribution in [3.8, 4) is 0 Å². The molecule has 0 radical (unpaired) electrons. The molecule has 0 aliphatic carbocycles. The number of anilines is 1. The van der Waals surface area contributed by atoms with Crippen molar-refractivity contribution < 1.29 is 4.80 Å². The van der Waals surface area contributed by atoms with Crippen LogP contribution in [0.2, 0.25) is 18.1 Å². The number of nitrogens with zero attached hydrogens (tertiary/aromatic N) is 2. The van der Waals surface area contributed by atoms with Crippen LogP contribution in [-0.4, -0.2) is 24.6 Å². The van der Waals surface area contributed by atoms with Crippen molar-refractivity contribution in [3.05, 3.63) is 58.3 Å². The van der Waals surface area contributed by atoms with Crippen LogP contribution < -0.4 is 4.90 Å². The fraction of sp³-hybridized carbons (Fsp3) is 0.500. The molecule has 1 aromatic carbocycles. The molecule has 0 saturated carbocycles. The van der Waals surface area contributed by atoms with E-state index in [1.54, 1.807) is 0 Å². The Balaban J connectivity index is 1.78. The average Bonchev–Trinajstić information content (AvgIpc) is 2.60. The van der Waals surface area contributed by atoms with E-state index >= 15 is 0 Å². The van der Waals surface area contributed by atoms with Gasteiger partial charge in [0.25, 0.3) is 0 Å². The topological polar surface area (TPSA) is 36.4 Å². The summed E-state index contributed by atoms with van der Waals surface area (Å²) in [6.07, 6.45) is 5.14. The van der Waals surface area contributed by atoms with Crippen molar-refractivity contribution in [2.75, 3.05) is 11.4 Å². The lowest BCUT2D eigenvalue weighted by Crippen LogP contribution is -2.40. The molecule has 0 spiro atoms. The van der Waals surface area contributed by atoms with E-state index in [-0.39, 0.29) is 5.04 Å². The Hall–Kier alpha value is -1.17. The van der Waals surface area contributed by atoms with Gasteiger partial charge in [0, 0.05) is 23.8 Å². The summed E-state index contributed by atoms with van der Waals surface area (Å²) in [5, 5.41) is 0.0324. The average molecular weight is 447 g/mol. The third-order valence-electron chi connectivity index (χ3n) is 6.27. The van der Waals surface area contributed by atoms with Crippen molar-refractivity contribution in [1.29, 1.82) is 0 Å². The molecule has 2 aromatic rings. The largest absolute Gasteiger partial charge is 0.432 e. The second kappa shape index (κ2) is 8.06. The number of benzene rings is 1. The molecule has 2 heterocycles. The standard InChI is InChI=1S/C22H31BrN2OSi/c1-22(2,27(3,4)26)11-10-18-12-20-21(13-19(23)14-24-20)25(16-18)15-17-8-6-5-7-9-17/h5-9,13-14,18,26H,10-12,15-16H2,1-4H3. The Kier molecular flexibility index (Phi) is 6.13. The SMILES string of the molecule is CC(C)(CCC1Cc2ncc(Br)cc2N(Cc2ccccc2)C1)[Si](C)(C)O. The zero-order valence-electron chi connectivity index (χ0n) is 16.9. The number of pyridine rings is 1. The van der Waals surface area contributed by atoms with Gasteiger partial charge in [0.1, 0.15) is 0 Å². The molecule has 1 atom stereocenters. The van der Waals surface area contributed by atoms with Gasteiger partial charge in [-0.1, -0.05) is 44.2 Å². The van der Waals surface area contributed by atoms with Crippen LogP contribution in [0.25, 0.3) is 0 Å². The highest BCUT2D eigenvalue weighted by molar-refractivity contribution is 9.10. The minimum absolute atomic E-state index is 0.0324. The summed E-state index contributed by atoms with van der Waals surface area (Å²) < 4.78 is 1.03. The van der Waals surface area contributed by atoms with E-state index in [0.29, 0.717) is 5.92 Å². The maximum Gasteiger partial charge on any atom is 0.188 e. The van der Waals surface area contributed by atoms with Gasteiger partial charge in [0.05, 0.1) is 11.4 Å². The fourth-order valence-electron chi connectivity index (χ4n) is 3.65. The number of hydrogen-bond acceptors (Lipinski definition) is 3. The molecule has 1 aromatic heterocycles. The number of hydrogen-bond donors (Lipinski definition) is 1. The first-order valence-corrected chi connectivity index (χ1v) is 13.6. The van der Waals surface area contributed by atoms with Gasteiger partial charge in [-0.25, -0.2) is 0 Å². The molecule has 1 unspecified atom stereocenters. The summed E-state index contributed by atoms with van der Waals surface area (Å²) in [5.74, 6) is 0.575. The quantitative estimate of drug-likeness (QED) is 0.570. The second-order valence-corrected chi connectivity index (χ2v) is 14.4. The molecule has 0 saturated heterocycles. The lowest BCUT2D eigenvalue weighted by atomic mass is 9.89. The number of rotatable bonds is 6. The van der Waals surface area contributed by atoms with Gasteiger partial charge in [-0.2, -0.15) is 0 Å². The first kappa shape index (κ1) is 20.6. The van der Waals surface area contributed by atoms with E-state index in [1.807, 2.05) is 6.20 Å². The van der Waals surface area contributed by atoms with Crippen LogP contribution in [0.1, 0.15) is 37.9 Å². The van der Waals surface area contributed by atoms with Crippen LogP contribution in [0.3, 0.4) is 0 Å². The normalized spacial score (nSPS) is 17.7. The van der Waals surface area contributed by atoms with Gasteiger partial charge < -0.3 is 9.70 Å². The second-order valence-electron chi connectivity index (χ2n) is 9.04. The van der Waals surface area contributed by atoms with Crippen LogP contribution in [0, 0.1) is 5.92 Å². The van der Waals surface area contributed by atoms with Gasteiger partial charge in [0.2, 0.25) is 0 Å². The lowest BCUT2D eigenvalue weighted by Gasteiger charge is -2.39. The number of halogens is 1.